The van der Waals surface area contributed by atoms with E-state index in [4.69, 9.17) is 4.74 Å². The van der Waals surface area contributed by atoms with E-state index in [0.717, 1.165) is 28.3 Å². The molecule has 0 aliphatic heterocycles. The van der Waals surface area contributed by atoms with Crippen LogP contribution in [0.1, 0.15) is 18.1 Å². The molecular weight excluding hydrogens is 444 g/mol. The van der Waals surface area contributed by atoms with Crippen molar-refractivity contribution in [3.63, 3.8) is 0 Å². The summed E-state index contributed by atoms with van der Waals surface area (Å²) in [4.78, 5) is 15.5. The minimum Gasteiger partial charge on any atom is -0.497 e. The summed E-state index contributed by atoms with van der Waals surface area (Å²) in [6.07, 6.45) is 0. The minimum absolute atomic E-state index is 0.0589. The number of carbonyl (C=O) groups excluding carboxylic acids is 1. The molecule has 174 valence electrons. The van der Waals surface area contributed by atoms with Crippen molar-refractivity contribution in [1.82, 2.24) is 19.7 Å². The van der Waals surface area contributed by atoms with E-state index in [1.807, 2.05) is 108 Å². The van der Waals surface area contributed by atoms with Gasteiger partial charge in [-0.25, -0.2) is 0 Å². The fourth-order valence-electron chi connectivity index (χ4n) is 3.72. The topological polar surface area (TPSA) is 60.3 Å². The van der Waals surface area contributed by atoms with Crippen LogP contribution < -0.4 is 4.74 Å². The van der Waals surface area contributed by atoms with Gasteiger partial charge in [0.25, 0.3) is 0 Å². The zero-order valence-electron chi connectivity index (χ0n) is 19.6. The first-order chi connectivity index (χ1) is 16.5. The normalized spacial score (nSPS) is 11.7. The number of hydrogen-bond donors (Lipinski definition) is 0. The molecule has 0 N–H and O–H groups in total. The number of amides is 1. The van der Waals surface area contributed by atoms with Crippen LogP contribution >= 0.6 is 11.8 Å². The Morgan fingerprint density at radius 2 is 1.56 bits per heavy atom. The second-order valence-electron chi connectivity index (χ2n) is 8.02. The van der Waals surface area contributed by atoms with Crippen molar-refractivity contribution in [2.45, 2.75) is 30.4 Å². The van der Waals surface area contributed by atoms with Crippen molar-refractivity contribution in [1.29, 1.82) is 0 Å². The Hall–Kier alpha value is -3.58. The highest BCUT2D eigenvalue weighted by molar-refractivity contribution is 8.00. The molecule has 1 heterocycles. The average molecular weight is 473 g/mol. The van der Waals surface area contributed by atoms with Gasteiger partial charge in [0.05, 0.1) is 12.4 Å². The third kappa shape index (κ3) is 5.66. The summed E-state index contributed by atoms with van der Waals surface area (Å²) in [6.45, 7) is 3.02. The minimum atomic E-state index is -0.325. The average Bonchev–Trinajstić information content (AvgIpc) is 3.24. The van der Waals surface area contributed by atoms with Gasteiger partial charge in [-0.05, 0) is 30.2 Å². The van der Waals surface area contributed by atoms with Gasteiger partial charge in [0.1, 0.15) is 5.75 Å². The number of thioether (sulfide) groups is 1. The van der Waals surface area contributed by atoms with Gasteiger partial charge in [-0.1, -0.05) is 84.6 Å². The molecule has 6 nitrogen and oxygen atoms in total. The van der Waals surface area contributed by atoms with Gasteiger partial charge in [0.2, 0.25) is 5.91 Å². The highest BCUT2D eigenvalue weighted by Crippen LogP contribution is 2.28. The molecule has 0 radical (unpaired) electrons. The SMILES string of the molecule is COc1cccc(-c2nnc(SC(C)C(=O)N(Cc3ccccc3)Cc3ccccc3)n2C)c1. The van der Waals surface area contributed by atoms with E-state index in [-0.39, 0.29) is 11.2 Å². The third-order valence-electron chi connectivity index (χ3n) is 5.54. The van der Waals surface area contributed by atoms with E-state index in [0.29, 0.717) is 18.2 Å². The first-order valence-corrected chi connectivity index (χ1v) is 12.0. The lowest BCUT2D eigenvalue weighted by atomic mass is 10.1. The van der Waals surface area contributed by atoms with Crippen LogP contribution in [0.2, 0.25) is 0 Å². The molecular formula is C27H28N4O2S. The van der Waals surface area contributed by atoms with Crippen LogP contribution in [0.15, 0.2) is 90.1 Å². The third-order valence-corrected chi connectivity index (χ3v) is 6.66. The highest BCUT2D eigenvalue weighted by Gasteiger charge is 2.24. The molecule has 4 rings (SSSR count). The highest BCUT2D eigenvalue weighted by atomic mass is 32.2. The molecule has 0 spiro atoms. The summed E-state index contributed by atoms with van der Waals surface area (Å²) in [5.41, 5.74) is 3.11. The first kappa shape index (κ1) is 23.6. The Bertz CT molecular complexity index is 1190. The smallest absolute Gasteiger partial charge is 0.236 e. The summed E-state index contributed by atoms with van der Waals surface area (Å²) in [5.74, 6) is 1.55. The molecule has 4 aromatic rings. The van der Waals surface area contributed by atoms with E-state index >= 15 is 0 Å². The van der Waals surface area contributed by atoms with Gasteiger partial charge in [-0.15, -0.1) is 10.2 Å². The van der Waals surface area contributed by atoms with Crippen molar-refractivity contribution in [2.24, 2.45) is 7.05 Å². The molecule has 1 unspecified atom stereocenters. The van der Waals surface area contributed by atoms with Crippen LogP contribution in [0.3, 0.4) is 0 Å². The van der Waals surface area contributed by atoms with E-state index in [9.17, 15) is 4.79 Å². The second kappa shape index (κ2) is 11.0. The summed E-state index contributed by atoms with van der Waals surface area (Å²) in [5, 5.41) is 9.09. The van der Waals surface area contributed by atoms with Gasteiger partial charge >= 0.3 is 0 Å². The fourth-order valence-corrected chi connectivity index (χ4v) is 4.61. The molecule has 0 saturated heterocycles. The maximum Gasteiger partial charge on any atom is 0.236 e. The molecule has 3 aromatic carbocycles. The van der Waals surface area contributed by atoms with Crippen LogP contribution in [-0.2, 0) is 24.9 Å². The predicted molar refractivity (Wildman–Crippen MR) is 135 cm³/mol. The number of benzene rings is 3. The van der Waals surface area contributed by atoms with E-state index < -0.39 is 0 Å². The molecule has 0 bridgehead atoms. The van der Waals surface area contributed by atoms with E-state index in [2.05, 4.69) is 10.2 Å². The monoisotopic (exact) mass is 472 g/mol. The lowest BCUT2D eigenvalue weighted by Gasteiger charge is -2.26. The Kier molecular flexibility index (Phi) is 7.65. The number of methoxy groups -OCH3 is 1. The molecule has 0 saturated carbocycles. The summed E-state index contributed by atoms with van der Waals surface area (Å²) in [6, 6.07) is 27.9. The van der Waals surface area contributed by atoms with Crippen LogP contribution in [0.4, 0.5) is 0 Å². The number of rotatable bonds is 9. The maximum absolute atomic E-state index is 13.6. The quantitative estimate of drug-likeness (QED) is 0.313. The summed E-state index contributed by atoms with van der Waals surface area (Å²) < 4.78 is 7.25. The van der Waals surface area contributed by atoms with Crippen LogP contribution in [0, 0.1) is 0 Å². The fraction of sp³-hybridized carbons (Fsp3) is 0.222. The Balaban J connectivity index is 1.52. The zero-order valence-corrected chi connectivity index (χ0v) is 20.4. The Morgan fingerprint density at radius 1 is 0.941 bits per heavy atom. The van der Waals surface area contributed by atoms with Gasteiger partial charge in [-0.3, -0.25) is 4.79 Å². The van der Waals surface area contributed by atoms with E-state index in [1.54, 1.807) is 7.11 Å². The number of aromatic nitrogens is 3. The van der Waals surface area contributed by atoms with E-state index in [1.165, 1.54) is 11.8 Å². The van der Waals surface area contributed by atoms with Gasteiger partial charge in [-0.2, -0.15) is 0 Å². The number of hydrogen-bond acceptors (Lipinski definition) is 5. The number of nitrogens with zero attached hydrogens (tertiary/aromatic N) is 4. The molecule has 1 aromatic heterocycles. The lowest BCUT2D eigenvalue weighted by molar-refractivity contribution is -0.131. The lowest BCUT2D eigenvalue weighted by Crippen LogP contribution is -2.35. The van der Waals surface area contributed by atoms with Gasteiger partial charge < -0.3 is 14.2 Å². The molecule has 1 amide bonds. The van der Waals surface area contributed by atoms with Gasteiger partial charge in [0.15, 0.2) is 11.0 Å². The molecule has 7 heteroatoms. The summed E-state index contributed by atoms with van der Waals surface area (Å²) >= 11 is 1.42. The zero-order chi connectivity index (χ0) is 23.9. The van der Waals surface area contributed by atoms with Gasteiger partial charge in [0, 0.05) is 25.7 Å². The maximum atomic E-state index is 13.6. The van der Waals surface area contributed by atoms with Crippen LogP contribution in [0.25, 0.3) is 11.4 Å². The van der Waals surface area contributed by atoms with Crippen molar-refractivity contribution in [3.8, 4) is 17.1 Å². The Morgan fingerprint density at radius 3 is 2.15 bits per heavy atom. The molecule has 1 atom stereocenters. The van der Waals surface area contributed by atoms with Crippen LogP contribution in [-0.4, -0.2) is 37.9 Å². The van der Waals surface area contributed by atoms with Crippen molar-refractivity contribution >= 4 is 17.7 Å². The number of carbonyl (C=O) groups is 1. The first-order valence-electron chi connectivity index (χ1n) is 11.1. The second-order valence-corrected chi connectivity index (χ2v) is 9.33. The largest absolute Gasteiger partial charge is 0.497 e. The molecule has 34 heavy (non-hydrogen) atoms. The molecule has 0 fully saturated rings. The summed E-state index contributed by atoms with van der Waals surface area (Å²) in [7, 11) is 3.56. The molecule has 0 aliphatic carbocycles. The molecule has 0 aliphatic rings. The predicted octanol–water partition coefficient (Wildman–Crippen LogP) is 5.20. The number of ether oxygens (including phenoxy) is 1. The van der Waals surface area contributed by atoms with Crippen LogP contribution in [0.5, 0.6) is 5.75 Å². The van der Waals surface area contributed by atoms with Crippen molar-refractivity contribution < 1.29 is 9.53 Å². The Labute approximate surface area is 204 Å². The van der Waals surface area contributed by atoms with Crippen molar-refractivity contribution in [2.75, 3.05) is 7.11 Å². The standard InChI is InChI=1S/C27H28N4O2S/c1-20(34-27-29-28-25(30(27)2)23-15-10-16-24(17-23)33-3)26(32)31(18-21-11-6-4-7-12-21)19-22-13-8-5-9-14-22/h4-17,20H,18-19H2,1-3H3. The van der Waals surface area contributed by atoms with Crippen molar-refractivity contribution in [3.05, 3.63) is 96.1 Å².